The molecule has 1 heterocycles. The quantitative estimate of drug-likeness (QED) is 0.114. The van der Waals surface area contributed by atoms with E-state index in [1.165, 1.54) is 11.8 Å². The molecule has 1 amide bonds. The average molecular weight is 580 g/mol. The highest BCUT2D eigenvalue weighted by molar-refractivity contribution is 7.99. The minimum absolute atomic E-state index is 0.0962. The Hall–Kier alpha value is -5.09. The first-order valence-corrected chi connectivity index (χ1v) is 14.1. The Morgan fingerprint density at radius 2 is 1.62 bits per heavy atom. The molecule has 0 fully saturated rings. The Balaban J connectivity index is 1.24. The average Bonchev–Trinajstić information content (AvgIpc) is 3.48. The summed E-state index contributed by atoms with van der Waals surface area (Å²) in [7, 11) is 3.22. The van der Waals surface area contributed by atoms with Crippen molar-refractivity contribution in [2.24, 2.45) is 5.10 Å². The number of carbonyl (C=O) groups is 1. The Morgan fingerprint density at radius 3 is 2.33 bits per heavy atom. The van der Waals surface area contributed by atoms with E-state index in [0.717, 1.165) is 28.1 Å². The molecule has 9 nitrogen and oxygen atoms in total. The highest BCUT2D eigenvalue weighted by Gasteiger charge is 2.17. The molecule has 0 aliphatic heterocycles. The lowest BCUT2D eigenvalue weighted by Gasteiger charge is -2.11. The van der Waals surface area contributed by atoms with Gasteiger partial charge >= 0.3 is 0 Å². The van der Waals surface area contributed by atoms with E-state index < -0.39 is 0 Å². The SMILES string of the molecule is COc1ccc(-c2nnc(SCC(=O)N/N=C\c3ccc(OC)c(OCc4ccccc4)c3)n2-c2ccccc2)cc1. The summed E-state index contributed by atoms with van der Waals surface area (Å²) < 4.78 is 18.6. The molecule has 0 radical (unpaired) electrons. The lowest BCUT2D eigenvalue weighted by Crippen LogP contribution is -2.20. The first kappa shape index (κ1) is 28.4. The molecule has 0 saturated carbocycles. The summed E-state index contributed by atoms with van der Waals surface area (Å²) in [5, 5.41) is 13.5. The summed E-state index contributed by atoms with van der Waals surface area (Å²) in [6, 6.07) is 32.7. The van der Waals surface area contributed by atoms with Crippen molar-refractivity contribution in [3.05, 3.63) is 114 Å². The predicted octanol–water partition coefficient (Wildman–Crippen LogP) is 5.77. The minimum Gasteiger partial charge on any atom is -0.497 e. The maximum atomic E-state index is 12.7. The Kier molecular flexibility index (Phi) is 9.48. The molecule has 0 atom stereocenters. The standard InChI is InChI=1S/C32H29N5O4S/c1-39-27-16-14-25(15-17-27)31-35-36-32(37(31)26-11-7-4-8-12-26)42-22-30(38)34-33-20-24-13-18-28(40-2)29(19-24)41-21-23-9-5-3-6-10-23/h3-20H,21-22H2,1-2H3,(H,34,38)/b33-20-. The van der Waals surface area contributed by atoms with Crippen molar-refractivity contribution in [1.82, 2.24) is 20.2 Å². The molecule has 42 heavy (non-hydrogen) atoms. The van der Waals surface area contributed by atoms with E-state index in [1.54, 1.807) is 26.5 Å². The van der Waals surface area contributed by atoms with Crippen LogP contribution < -0.4 is 19.6 Å². The van der Waals surface area contributed by atoms with Gasteiger partial charge in [0.25, 0.3) is 5.91 Å². The molecule has 1 aromatic heterocycles. The monoisotopic (exact) mass is 579 g/mol. The van der Waals surface area contributed by atoms with E-state index in [-0.39, 0.29) is 11.7 Å². The van der Waals surface area contributed by atoms with E-state index >= 15 is 0 Å². The van der Waals surface area contributed by atoms with Gasteiger partial charge in [-0.25, -0.2) is 5.43 Å². The number of nitrogens with one attached hydrogen (secondary N) is 1. The summed E-state index contributed by atoms with van der Waals surface area (Å²) in [6.07, 6.45) is 1.56. The van der Waals surface area contributed by atoms with Crippen molar-refractivity contribution in [2.75, 3.05) is 20.0 Å². The molecule has 5 rings (SSSR count). The zero-order valence-corrected chi connectivity index (χ0v) is 24.0. The van der Waals surface area contributed by atoms with Crippen LogP contribution in [0, 0.1) is 0 Å². The van der Waals surface area contributed by atoms with Gasteiger partial charge in [-0.15, -0.1) is 10.2 Å². The van der Waals surface area contributed by atoms with Gasteiger partial charge in [-0.1, -0.05) is 60.3 Å². The van der Waals surface area contributed by atoms with Gasteiger partial charge in [-0.3, -0.25) is 9.36 Å². The zero-order chi connectivity index (χ0) is 29.1. The lowest BCUT2D eigenvalue weighted by atomic mass is 10.2. The number of aromatic nitrogens is 3. The van der Waals surface area contributed by atoms with Gasteiger partial charge < -0.3 is 14.2 Å². The Bertz CT molecular complexity index is 1640. The smallest absolute Gasteiger partial charge is 0.250 e. The molecule has 0 bridgehead atoms. The number of para-hydroxylation sites is 1. The molecule has 4 aromatic carbocycles. The summed E-state index contributed by atoms with van der Waals surface area (Å²) in [5.41, 5.74) is 6.14. The summed E-state index contributed by atoms with van der Waals surface area (Å²) in [6.45, 7) is 0.402. The summed E-state index contributed by atoms with van der Waals surface area (Å²) in [5.74, 6) is 2.43. The van der Waals surface area contributed by atoms with Crippen molar-refractivity contribution in [3.8, 4) is 34.3 Å². The number of rotatable bonds is 12. The van der Waals surface area contributed by atoms with Crippen LogP contribution in [-0.2, 0) is 11.4 Å². The van der Waals surface area contributed by atoms with Crippen LogP contribution >= 0.6 is 11.8 Å². The third kappa shape index (κ3) is 7.15. The second-order valence-electron chi connectivity index (χ2n) is 8.97. The van der Waals surface area contributed by atoms with Gasteiger partial charge in [-0.2, -0.15) is 5.10 Å². The lowest BCUT2D eigenvalue weighted by molar-refractivity contribution is -0.118. The van der Waals surface area contributed by atoms with Crippen molar-refractivity contribution in [3.63, 3.8) is 0 Å². The highest BCUT2D eigenvalue weighted by atomic mass is 32.2. The number of nitrogens with zero attached hydrogens (tertiary/aromatic N) is 4. The Labute approximate surface area is 248 Å². The number of methoxy groups -OCH3 is 2. The van der Waals surface area contributed by atoms with E-state index in [4.69, 9.17) is 14.2 Å². The van der Waals surface area contributed by atoms with Crippen molar-refractivity contribution >= 4 is 23.9 Å². The number of benzene rings is 4. The molecular weight excluding hydrogens is 550 g/mol. The highest BCUT2D eigenvalue weighted by Crippen LogP contribution is 2.30. The maximum absolute atomic E-state index is 12.7. The van der Waals surface area contributed by atoms with E-state index in [1.807, 2.05) is 102 Å². The van der Waals surface area contributed by atoms with E-state index in [9.17, 15) is 4.79 Å². The summed E-state index contributed by atoms with van der Waals surface area (Å²) >= 11 is 1.27. The number of thioether (sulfide) groups is 1. The van der Waals surface area contributed by atoms with Crippen LogP contribution in [0.5, 0.6) is 17.2 Å². The molecule has 0 saturated heterocycles. The number of hydrogen-bond acceptors (Lipinski definition) is 8. The van der Waals surface area contributed by atoms with E-state index in [0.29, 0.717) is 29.1 Å². The van der Waals surface area contributed by atoms with Crippen LogP contribution in [0.1, 0.15) is 11.1 Å². The molecule has 1 N–H and O–H groups in total. The van der Waals surface area contributed by atoms with Crippen LogP contribution in [0.15, 0.2) is 113 Å². The van der Waals surface area contributed by atoms with Crippen molar-refractivity contribution < 1.29 is 19.0 Å². The topological polar surface area (TPSA) is 99.9 Å². The second kappa shape index (κ2) is 14.0. The molecular formula is C32H29N5O4S. The van der Waals surface area contributed by atoms with Gasteiger partial charge in [0.05, 0.1) is 26.2 Å². The van der Waals surface area contributed by atoms with Crippen LogP contribution in [-0.4, -0.2) is 46.9 Å². The first-order chi connectivity index (χ1) is 20.6. The molecule has 10 heteroatoms. The van der Waals surface area contributed by atoms with Gasteiger partial charge in [0.15, 0.2) is 22.5 Å². The third-order valence-electron chi connectivity index (χ3n) is 6.16. The minimum atomic E-state index is -0.279. The van der Waals surface area contributed by atoms with Gasteiger partial charge in [-0.05, 0) is 65.7 Å². The largest absolute Gasteiger partial charge is 0.497 e. The van der Waals surface area contributed by atoms with Crippen LogP contribution in [0.4, 0.5) is 0 Å². The van der Waals surface area contributed by atoms with Gasteiger partial charge in [0, 0.05) is 11.3 Å². The number of ether oxygens (including phenoxy) is 3. The molecule has 5 aromatic rings. The molecule has 0 aliphatic rings. The first-order valence-electron chi connectivity index (χ1n) is 13.1. The van der Waals surface area contributed by atoms with Crippen LogP contribution in [0.3, 0.4) is 0 Å². The predicted molar refractivity (Wildman–Crippen MR) is 164 cm³/mol. The molecule has 0 unspecified atom stereocenters. The molecule has 0 aliphatic carbocycles. The second-order valence-corrected chi connectivity index (χ2v) is 9.91. The Morgan fingerprint density at radius 1 is 0.881 bits per heavy atom. The summed E-state index contributed by atoms with van der Waals surface area (Å²) in [4.78, 5) is 12.7. The fourth-order valence-corrected chi connectivity index (χ4v) is 4.81. The maximum Gasteiger partial charge on any atom is 0.250 e. The fourth-order valence-electron chi connectivity index (χ4n) is 4.06. The number of hydrogen-bond donors (Lipinski definition) is 1. The fraction of sp³-hybridized carbons (Fsp3) is 0.125. The van der Waals surface area contributed by atoms with Crippen LogP contribution in [0.2, 0.25) is 0 Å². The van der Waals surface area contributed by atoms with Gasteiger partial charge in [0.1, 0.15) is 12.4 Å². The van der Waals surface area contributed by atoms with Crippen LogP contribution in [0.25, 0.3) is 17.1 Å². The van der Waals surface area contributed by atoms with Crippen molar-refractivity contribution in [2.45, 2.75) is 11.8 Å². The normalized spacial score (nSPS) is 10.9. The molecule has 212 valence electrons. The number of hydrazone groups is 1. The van der Waals surface area contributed by atoms with E-state index in [2.05, 4.69) is 20.7 Å². The molecule has 0 spiro atoms. The third-order valence-corrected chi connectivity index (χ3v) is 7.08. The number of amides is 1. The zero-order valence-electron chi connectivity index (χ0n) is 23.1. The van der Waals surface area contributed by atoms with Gasteiger partial charge in [0.2, 0.25) is 0 Å². The van der Waals surface area contributed by atoms with Crippen molar-refractivity contribution in [1.29, 1.82) is 0 Å². The number of carbonyl (C=O) groups excluding carboxylic acids is 1.